The average Bonchev–Trinajstić information content (AvgIpc) is 2.56. The van der Waals surface area contributed by atoms with E-state index in [4.69, 9.17) is 0 Å². The number of hydrogen-bond donors (Lipinski definition) is 1. The summed E-state index contributed by atoms with van der Waals surface area (Å²) >= 11 is 0. The highest BCUT2D eigenvalue weighted by Gasteiger charge is 2.19. The third-order valence-electron chi connectivity index (χ3n) is 4.41. The maximum atomic E-state index is 12.4. The van der Waals surface area contributed by atoms with Crippen molar-refractivity contribution >= 4 is 17.8 Å². The number of rotatable bonds is 9. The number of amides is 2. The summed E-state index contributed by atoms with van der Waals surface area (Å²) < 4.78 is 4.63. The van der Waals surface area contributed by atoms with Crippen LogP contribution in [0, 0.1) is 5.92 Å². The van der Waals surface area contributed by atoms with Gasteiger partial charge in [-0.3, -0.25) is 14.4 Å². The van der Waals surface area contributed by atoms with E-state index < -0.39 is 0 Å². The minimum Gasteiger partial charge on any atom is -0.469 e. The van der Waals surface area contributed by atoms with Crippen molar-refractivity contribution < 1.29 is 19.1 Å². The highest BCUT2D eigenvalue weighted by molar-refractivity contribution is 5.77. The lowest BCUT2D eigenvalue weighted by Crippen LogP contribution is -2.39. The Morgan fingerprint density at radius 2 is 1.78 bits per heavy atom. The van der Waals surface area contributed by atoms with Crippen LogP contribution in [0.1, 0.15) is 58.3 Å². The van der Waals surface area contributed by atoms with Gasteiger partial charge in [0.15, 0.2) is 0 Å². The minimum absolute atomic E-state index is 0.0600. The fourth-order valence-corrected chi connectivity index (χ4v) is 3.02. The lowest BCUT2D eigenvalue weighted by atomic mass is 9.86. The van der Waals surface area contributed by atoms with Gasteiger partial charge < -0.3 is 15.0 Å². The van der Waals surface area contributed by atoms with E-state index in [-0.39, 0.29) is 24.2 Å². The zero-order valence-corrected chi connectivity index (χ0v) is 14.4. The molecule has 1 aliphatic rings. The monoisotopic (exact) mass is 326 g/mol. The number of ether oxygens (including phenoxy) is 1. The van der Waals surface area contributed by atoms with Crippen molar-refractivity contribution in [2.75, 3.05) is 26.7 Å². The molecule has 0 heterocycles. The molecule has 1 rings (SSSR count). The van der Waals surface area contributed by atoms with Gasteiger partial charge in [0.05, 0.1) is 13.5 Å². The second kappa shape index (κ2) is 11.0. The van der Waals surface area contributed by atoms with Gasteiger partial charge in [0, 0.05) is 33.0 Å². The van der Waals surface area contributed by atoms with Gasteiger partial charge in [-0.25, -0.2) is 0 Å². The fourth-order valence-electron chi connectivity index (χ4n) is 3.02. The largest absolute Gasteiger partial charge is 0.469 e. The number of carbonyl (C=O) groups is 3. The number of carbonyl (C=O) groups excluding carboxylic acids is 3. The van der Waals surface area contributed by atoms with Crippen LogP contribution >= 0.6 is 0 Å². The van der Waals surface area contributed by atoms with Crippen molar-refractivity contribution in [1.82, 2.24) is 10.2 Å². The Labute approximate surface area is 138 Å². The molecule has 0 saturated heterocycles. The molecular weight excluding hydrogens is 296 g/mol. The zero-order valence-electron chi connectivity index (χ0n) is 14.4. The third-order valence-corrected chi connectivity index (χ3v) is 4.41. The van der Waals surface area contributed by atoms with Crippen molar-refractivity contribution in [2.45, 2.75) is 58.3 Å². The minimum atomic E-state index is -0.324. The van der Waals surface area contributed by atoms with E-state index in [9.17, 15) is 14.4 Å². The van der Waals surface area contributed by atoms with Gasteiger partial charge in [-0.05, 0) is 12.3 Å². The molecule has 0 bridgehead atoms. The van der Waals surface area contributed by atoms with Crippen LogP contribution in [-0.2, 0) is 19.1 Å². The molecule has 1 fully saturated rings. The molecular formula is C17H30N2O4. The van der Waals surface area contributed by atoms with Crippen molar-refractivity contribution in [3.63, 3.8) is 0 Å². The summed E-state index contributed by atoms with van der Waals surface area (Å²) in [6.45, 7) is 2.63. The normalized spacial score (nSPS) is 15.0. The van der Waals surface area contributed by atoms with Crippen LogP contribution < -0.4 is 5.32 Å². The summed E-state index contributed by atoms with van der Waals surface area (Å²) in [6, 6.07) is 0. The average molecular weight is 326 g/mol. The van der Waals surface area contributed by atoms with Crippen LogP contribution in [0.15, 0.2) is 0 Å². The topological polar surface area (TPSA) is 75.7 Å². The Morgan fingerprint density at radius 3 is 2.39 bits per heavy atom. The van der Waals surface area contributed by atoms with Gasteiger partial charge in [-0.1, -0.05) is 32.1 Å². The molecule has 1 saturated carbocycles. The van der Waals surface area contributed by atoms with E-state index in [1.54, 1.807) is 4.90 Å². The molecule has 0 aromatic carbocycles. The van der Waals surface area contributed by atoms with Crippen LogP contribution in [0.3, 0.4) is 0 Å². The number of nitrogens with one attached hydrogen (secondary N) is 1. The fraction of sp³-hybridized carbons (Fsp3) is 0.824. The van der Waals surface area contributed by atoms with E-state index in [2.05, 4.69) is 10.1 Å². The first-order valence-corrected chi connectivity index (χ1v) is 8.62. The molecule has 2 amide bonds. The van der Waals surface area contributed by atoms with E-state index in [1.807, 2.05) is 0 Å². The predicted octanol–water partition coefficient (Wildman–Crippen LogP) is 1.87. The number of nitrogens with zero attached hydrogens (tertiary/aromatic N) is 1. The Bertz CT molecular complexity index is 392. The van der Waals surface area contributed by atoms with Gasteiger partial charge in [0.2, 0.25) is 11.8 Å². The van der Waals surface area contributed by atoms with Gasteiger partial charge in [0.25, 0.3) is 0 Å². The lowest BCUT2D eigenvalue weighted by molar-refractivity contribution is -0.142. The molecule has 132 valence electrons. The molecule has 0 atom stereocenters. The number of hydrogen-bond acceptors (Lipinski definition) is 4. The van der Waals surface area contributed by atoms with Crippen LogP contribution in [-0.4, -0.2) is 49.4 Å². The Balaban J connectivity index is 2.41. The molecule has 6 heteroatoms. The van der Waals surface area contributed by atoms with Crippen LogP contribution in [0.25, 0.3) is 0 Å². The van der Waals surface area contributed by atoms with E-state index in [0.29, 0.717) is 32.0 Å². The second-order valence-corrected chi connectivity index (χ2v) is 6.23. The molecule has 0 aromatic rings. The maximum absolute atomic E-state index is 12.4. The summed E-state index contributed by atoms with van der Waals surface area (Å²) in [7, 11) is 1.34. The summed E-state index contributed by atoms with van der Waals surface area (Å²) in [6.07, 6.45) is 7.93. The summed E-state index contributed by atoms with van der Waals surface area (Å²) in [4.78, 5) is 36.3. The first-order valence-electron chi connectivity index (χ1n) is 8.62. The maximum Gasteiger partial charge on any atom is 0.307 e. The van der Waals surface area contributed by atoms with Gasteiger partial charge in [0.1, 0.15) is 0 Å². The van der Waals surface area contributed by atoms with Crippen LogP contribution in [0.5, 0.6) is 0 Å². The Morgan fingerprint density at radius 1 is 1.09 bits per heavy atom. The van der Waals surface area contributed by atoms with Crippen molar-refractivity contribution in [3.8, 4) is 0 Å². The highest BCUT2D eigenvalue weighted by atomic mass is 16.5. The van der Waals surface area contributed by atoms with Crippen LogP contribution in [0.2, 0.25) is 0 Å². The Kier molecular flexibility index (Phi) is 9.33. The smallest absolute Gasteiger partial charge is 0.307 e. The molecule has 0 spiro atoms. The van der Waals surface area contributed by atoms with Crippen molar-refractivity contribution in [3.05, 3.63) is 0 Å². The zero-order chi connectivity index (χ0) is 17.1. The van der Waals surface area contributed by atoms with E-state index >= 15 is 0 Å². The number of methoxy groups -OCH3 is 1. The SMILES string of the molecule is COC(=O)CCN(CCNC(C)=O)C(=O)CCC1CCCCC1. The molecule has 0 aromatic heterocycles. The molecule has 0 radical (unpaired) electrons. The third kappa shape index (κ3) is 8.57. The summed E-state index contributed by atoms with van der Waals surface area (Å²) in [5.41, 5.74) is 0. The van der Waals surface area contributed by atoms with Gasteiger partial charge in [-0.2, -0.15) is 0 Å². The van der Waals surface area contributed by atoms with E-state index in [1.165, 1.54) is 46.1 Å². The number of esters is 1. The van der Waals surface area contributed by atoms with Gasteiger partial charge in [-0.15, -0.1) is 0 Å². The lowest BCUT2D eigenvalue weighted by Gasteiger charge is -2.25. The quantitative estimate of drug-likeness (QED) is 0.656. The first-order chi connectivity index (χ1) is 11.0. The summed E-state index contributed by atoms with van der Waals surface area (Å²) in [5, 5.41) is 2.69. The molecule has 1 N–H and O–H groups in total. The molecule has 6 nitrogen and oxygen atoms in total. The highest BCUT2D eigenvalue weighted by Crippen LogP contribution is 2.27. The summed E-state index contributed by atoms with van der Waals surface area (Å²) in [5.74, 6) is 0.275. The van der Waals surface area contributed by atoms with Crippen molar-refractivity contribution in [2.24, 2.45) is 5.92 Å². The molecule has 0 unspecified atom stereocenters. The van der Waals surface area contributed by atoms with Crippen LogP contribution in [0.4, 0.5) is 0 Å². The standard InChI is InChI=1S/C17H30N2O4/c1-14(20)18-11-13-19(12-10-17(22)23-2)16(21)9-8-15-6-4-3-5-7-15/h15H,3-13H2,1-2H3,(H,18,20). The molecule has 0 aliphatic heterocycles. The van der Waals surface area contributed by atoms with Gasteiger partial charge >= 0.3 is 5.97 Å². The molecule has 23 heavy (non-hydrogen) atoms. The predicted molar refractivity (Wildman–Crippen MR) is 87.7 cm³/mol. The second-order valence-electron chi connectivity index (χ2n) is 6.23. The Hall–Kier alpha value is -1.59. The van der Waals surface area contributed by atoms with Crippen molar-refractivity contribution in [1.29, 1.82) is 0 Å². The van der Waals surface area contributed by atoms with E-state index in [0.717, 1.165) is 6.42 Å². The molecule has 1 aliphatic carbocycles. The first kappa shape index (κ1) is 19.5.